The van der Waals surface area contributed by atoms with Crippen LogP contribution in [-0.2, 0) is 11.3 Å². The molecule has 0 unspecified atom stereocenters. The molecule has 1 aliphatic rings. The predicted molar refractivity (Wildman–Crippen MR) is 153 cm³/mol. The number of thiophene rings is 1. The van der Waals surface area contributed by atoms with Crippen LogP contribution in [0, 0.1) is 13.8 Å². The molecule has 2 aromatic heterocycles. The molecule has 0 bridgehead atoms. The summed E-state index contributed by atoms with van der Waals surface area (Å²) in [5.74, 6) is -0.494. The number of amides is 2. The molecule has 1 fully saturated rings. The third kappa shape index (κ3) is 5.27. The van der Waals surface area contributed by atoms with E-state index < -0.39 is 0 Å². The molecule has 8 nitrogen and oxygen atoms in total. The monoisotopic (exact) mass is 569 g/mol. The van der Waals surface area contributed by atoms with E-state index in [9.17, 15) is 14.4 Å². The van der Waals surface area contributed by atoms with E-state index in [0.29, 0.717) is 62.6 Å². The van der Waals surface area contributed by atoms with Crippen LogP contribution in [0.1, 0.15) is 20.8 Å². The van der Waals surface area contributed by atoms with Crippen LogP contribution < -0.4 is 15.8 Å². The Hall–Kier alpha value is -3.40. The van der Waals surface area contributed by atoms with Gasteiger partial charge in [-0.15, -0.1) is 11.3 Å². The van der Waals surface area contributed by atoms with Crippen molar-refractivity contribution in [1.29, 1.82) is 0 Å². The summed E-state index contributed by atoms with van der Waals surface area (Å²) in [6.07, 6.45) is 1.35. The van der Waals surface area contributed by atoms with Crippen LogP contribution in [0.25, 0.3) is 10.2 Å². The Morgan fingerprint density at radius 1 is 1.05 bits per heavy atom. The number of carbonyl (C=O) groups excluding carboxylic acids is 2. The number of nitrogens with zero attached hydrogens (tertiary/aromatic N) is 4. The van der Waals surface area contributed by atoms with Crippen LogP contribution in [0.15, 0.2) is 53.6 Å². The standard InChI is InChI=1S/C27H25Cl2N5O3S/c1-16-6-7-19(13-21(16)29)31-22(35)14-34-15-30-25-23(26(34)36)17(2)24(38-25)27(37)33-10-8-32(9-11-33)20-5-3-4-18(28)12-20/h3-7,12-13,15H,8-11,14H2,1-2H3,(H,31,35). The molecule has 0 aliphatic carbocycles. The molecule has 1 N–H and O–H groups in total. The van der Waals surface area contributed by atoms with Crippen molar-refractivity contribution >= 4 is 67.9 Å². The van der Waals surface area contributed by atoms with Gasteiger partial charge in [-0.3, -0.25) is 19.0 Å². The molecule has 2 amide bonds. The first-order valence-electron chi connectivity index (χ1n) is 12.1. The Bertz CT molecular complexity index is 1610. The smallest absolute Gasteiger partial charge is 0.264 e. The van der Waals surface area contributed by atoms with Gasteiger partial charge in [0.2, 0.25) is 5.91 Å². The number of hydrogen-bond donors (Lipinski definition) is 1. The second-order valence-corrected chi connectivity index (χ2v) is 11.0. The Labute approximate surface area is 233 Å². The van der Waals surface area contributed by atoms with Gasteiger partial charge in [-0.1, -0.05) is 35.3 Å². The number of anilines is 2. The lowest BCUT2D eigenvalue weighted by Gasteiger charge is -2.36. The van der Waals surface area contributed by atoms with Crippen molar-refractivity contribution in [2.24, 2.45) is 0 Å². The normalized spacial score (nSPS) is 13.7. The third-order valence-electron chi connectivity index (χ3n) is 6.62. The quantitative estimate of drug-likeness (QED) is 0.366. The highest BCUT2D eigenvalue weighted by atomic mass is 35.5. The largest absolute Gasteiger partial charge is 0.368 e. The van der Waals surface area contributed by atoms with E-state index in [4.69, 9.17) is 23.2 Å². The second kappa shape index (κ2) is 10.8. The average Bonchev–Trinajstić information content (AvgIpc) is 3.24. The van der Waals surface area contributed by atoms with Gasteiger partial charge in [0.05, 0.1) is 16.6 Å². The molecular formula is C27H25Cl2N5O3S. The summed E-state index contributed by atoms with van der Waals surface area (Å²) >= 11 is 13.5. The fourth-order valence-electron chi connectivity index (χ4n) is 4.49. The molecule has 0 spiro atoms. The number of fused-ring (bicyclic) bond motifs is 1. The first kappa shape index (κ1) is 26.2. The first-order chi connectivity index (χ1) is 18.2. The van der Waals surface area contributed by atoms with Gasteiger partial charge in [0, 0.05) is 47.6 Å². The van der Waals surface area contributed by atoms with Crippen molar-refractivity contribution in [2.45, 2.75) is 20.4 Å². The summed E-state index contributed by atoms with van der Waals surface area (Å²) in [7, 11) is 0. The Morgan fingerprint density at radius 2 is 1.82 bits per heavy atom. The number of aromatic nitrogens is 2. The molecule has 5 rings (SSSR count). The van der Waals surface area contributed by atoms with E-state index in [0.717, 1.165) is 11.3 Å². The molecule has 2 aromatic carbocycles. The second-order valence-electron chi connectivity index (χ2n) is 9.19. The summed E-state index contributed by atoms with van der Waals surface area (Å²) in [4.78, 5) is 48.6. The molecule has 38 heavy (non-hydrogen) atoms. The SMILES string of the molecule is Cc1ccc(NC(=O)Cn2cnc3sc(C(=O)N4CCN(c5cccc(Cl)c5)CC4)c(C)c3c2=O)cc1Cl. The van der Waals surface area contributed by atoms with Gasteiger partial charge in [0.25, 0.3) is 11.5 Å². The van der Waals surface area contributed by atoms with Crippen LogP contribution in [0.4, 0.5) is 11.4 Å². The Kier molecular flexibility index (Phi) is 7.43. The zero-order valence-corrected chi connectivity index (χ0v) is 23.2. The maximum Gasteiger partial charge on any atom is 0.264 e. The number of hydrogen-bond acceptors (Lipinski definition) is 6. The topological polar surface area (TPSA) is 87.5 Å². The highest BCUT2D eigenvalue weighted by molar-refractivity contribution is 7.20. The van der Waals surface area contributed by atoms with E-state index in [1.54, 1.807) is 24.0 Å². The zero-order valence-electron chi connectivity index (χ0n) is 20.8. The molecule has 0 atom stereocenters. The number of carbonyl (C=O) groups is 2. The fraction of sp³-hybridized carbons (Fsp3) is 0.259. The summed E-state index contributed by atoms with van der Waals surface area (Å²) in [5, 5.41) is 4.34. The van der Waals surface area contributed by atoms with Crippen molar-refractivity contribution in [3.05, 3.63) is 85.2 Å². The molecular weight excluding hydrogens is 545 g/mol. The number of halogens is 2. The molecule has 196 valence electrons. The van der Waals surface area contributed by atoms with E-state index in [2.05, 4.69) is 15.2 Å². The number of rotatable bonds is 5. The zero-order chi connectivity index (χ0) is 27.0. The first-order valence-corrected chi connectivity index (χ1v) is 13.6. The molecule has 0 radical (unpaired) electrons. The lowest BCUT2D eigenvalue weighted by atomic mass is 10.2. The van der Waals surface area contributed by atoms with Crippen LogP contribution in [-0.4, -0.2) is 52.4 Å². The third-order valence-corrected chi connectivity index (χ3v) is 8.45. The van der Waals surface area contributed by atoms with Crippen molar-refractivity contribution in [3.8, 4) is 0 Å². The summed E-state index contributed by atoms with van der Waals surface area (Å²) in [6, 6.07) is 12.9. The summed E-state index contributed by atoms with van der Waals surface area (Å²) in [6.45, 7) is 5.90. The van der Waals surface area contributed by atoms with Crippen LogP contribution in [0.5, 0.6) is 0 Å². The number of piperazine rings is 1. The minimum absolute atomic E-state index is 0.115. The predicted octanol–water partition coefficient (Wildman–Crippen LogP) is 4.98. The molecule has 0 saturated carbocycles. The number of aryl methyl sites for hydroxylation is 2. The van der Waals surface area contributed by atoms with Gasteiger partial charge >= 0.3 is 0 Å². The van der Waals surface area contributed by atoms with Crippen molar-refractivity contribution in [3.63, 3.8) is 0 Å². The van der Waals surface area contributed by atoms with Crippen molar-refractivity contribution in [2.75, 3.05) is 36.4 Å². The summed E-state index contributed by atoms with van der Waals surface area (Å²) in [5.41, 5.74) is 2.71. The average molecular weight is 571 g/mol. The van der Waals surface area contributed by atoms with Crippen molar-refractivity contribution < 1.29 is 9.59 Å². The molecule has 1 aliphatic heterocycles. The molecule has 3 heterocycles. The number of nitrogens with one attached hydrogen (secondary N) is 1. The lowest BCUT2D eigenvalue weighted by Crippen LogP contribution is -2.48. The van der Waals surface area contributed by atoms with Gasteiger partial charge < -0.3 is 15.1 Å². The highest BCUT2D eigenvalue weighted by Gasteiger charge is 2.27. The van der Waals surface area contributed by atoms with Crippen molar-refractivity contribution in [1.82, 2.24) is 14.5 Å². The Balaban J connectivity index is 1.31. The van der Waals surface area contributed by atoms with Crippen LogP contribution in [0.3, 0.4) is 0 Å². The number of benzene rings is 2. The van der Waals surface area contributed by atoms with Crippen LogP contribution in [0.2, 0.25) is 10.0 Å². The van der Waals surface area contributed by atoms with E-state index in [1.807, 2.05) is 37.3 Å². The molecule has 4 aromatic rings. The molecule has 1 saturated heterocycles. The highest BCUT2D eigenvalue weighted by Crippen LogP contribution is 2.29. The van der Waals surface area contributed by atoms with Crippen LogP contribution >= 0.6 is 34.5 Å². The van der Waals surface area contributed by atoms with E-state index in [-0.39, 0.29) is 23.9 Å². The van der Waals surface area contributed by atoms with Gasteiger partial charge in [0.1, 0.15) is 11.4 Å². The van der Waals surface area contributed by atoms with Gasteiger partial charge in [-0.05, 0) is 55.3 Å². The van der Waals surface area contributed by atoms with E-state index >= 15 is 0 Å². The summed E-state index contributed by atoms with van der Waals surface area (Å²) < 4.78 is 1.26. The Morgan fingerprint density at radius 3 is 2.53 bits per heavy atom. The maximum atomic E-state index is 13.4. The minimum atomic E-state index is -0.380. The lowest BCUT2D eigenvalue weighted by molar-refractivity contribution is -0.116. The minimum Gasteiger partial charge on any atom is -0.368 e. The maximum absolute atomic E-state index is 13.4. The van der Waals surface area contributed by atoms with Gasteiger partial charge in [-0.25, -0.2) is 4.98 Å². The van der Waals surface area contributed by atoms with Gasteiger partial charge in [0.15, 0.2) is 0 Å². The fourth-order valence-corrected chi connectivity index (χ4v) is 5.96. The van der Waals surface area contributed by atoms with E-state index in [1.165, 1.54) is 22.2 Å². The molecule has 11 heteroatoms. The van der Waals surface area contributed by atoms with Gasteiger partial charge in [-0.2, -0.15) is 0 Å².